The zero-order valence-electron chi connectivity index (χ0n) is 13.4. The van der Waals surface area contributed by atoms with Crippen LogP contribution in [0.3, 0.4) is 0 Å². The summed E-state index contributed by atoms with van der Waals surface area (Å²) in [5, 5.41) is 8.32. The zero-order valence-corrected chi connectivity index (χ0v) is 15.0. The number of nitrogens with zero attached hydrogens (tertiary/aromatic N) is 1. The van der Waals surface area contributed by atoms with E-state index in [1.807, 2.05) is 60.7 Å². The maximum absolute atomic E-state index is 12.5. The van der Waals surface area contributed by atoms with Crippen LogP contribution in [-0.4, -0.2) is 24.8 Å². The second-order valence-corrected chi connectivity index (χ2v) is 6.81. The van der Waals surface area contributed by atoms with Crippen molar-refractivity contribution >= 4 is 44.1 Å². The summed E-state index contributed by atoms with van der Waals surface area (Å²) in [6, 6.07) is 19.4. The van der Waals surface area contributed by atoms with E-state index in [9.17, 15) is 4.79 Å². The third kappa shape index (κ3) is 3.42. The van der Waals surface area contributed by atoms with Crippen molar-refractivity contribution in [2.75, 3.05) is 18.4 Å². The second-order valence-electron chi connectivity index (χ2n) is 5.89. The van der Waals surface area contributed by atoms with Gasteiger partial charge in [-0.1, -0.05) is 28.1 Å². The van der Waals surface area contributed by atoms with E-state index in [1.165, 1.54) is 0 Å². The molecule has 0 unspecified atom stereocenters. The number of fused-ring (bicyclic) bond motifs is 1. The van der Waals surface area contributed by atoms with Crippen molar-refractivity contribution in [3.05, 3.63) is 76.3 Å². The van der Waals surface area contributed by atoms with Crippen LogP contribution in [0, 0.1) is 0 Å². The van der Waals surface area contributed by atoms with Gasteiger partial charge in [0, 0.05) is 27.8 Å². The molecule has 1 amide bonds. The van der Waals surface area contributed by atoms with Crippen molar-refractivity contribution in [3.63, 3.8) is 0 Å². The lowest BCUT2D eigenvalue weighted by Crippen LogP contribution is -2.19. The van der Waals surface area contributed by atoms with Crippen LogP contribution in [0.2, 0.25) is 0 Å². The van der Waals surface area contributed by atoms with E-state index >= 15 is 0 Å². The lowest BCUT2D eigenvalue weighted by Gasteiger charge is -2.08. The fourth-order valence-corrected chi connectivity index (χ4v) is 3.24. The minimum absolute atomic E-state index is 0.117. The molecule has 0 bridgehead atoms. The number of nitrogens with one attached hydrogen (secondary N) is 2. The topological polar surface area (TPSA) is 53.5 Å². The SMILES string of the molecule is O=C(Nc1ccc(C2=NCCN2)cc1)c1ccc2cc(Br)ccc2c1. The molecule has 0 aromatic heterocycles. The van der Waals surface area contributed by atoms with Crippen LogP contribution in [-0.2, 0) is 0 Å². The molecule has 0 saturated heterocycles. The molecule has 0 aliphatic carbocycles. The molecular formula is C20H16BrN3O. The molecule has 0 saturated carbocycles. The maximum atomic E-state index is 12.5. The molecule has 5 heteroatoms. The van der Waals surface area contributed by atoms with Crippen LogP contribution in [0.25, 0.3) is 10.8 Å². The van der Waals surface area contributed by atoms with Gasteiger partial charge in [0.1, 0.15) is 5.84 Å². The van der Waals surface area contributed by atoms with Crippen LogP contribution in [0.1, 0.15) is 15.9 Å². The van der Waals surface area contributed by atoms with Gasteiger partial charge in [-0.2, -0.15) is 0 Å². The first-order valence-corrected chi connectivity index (χ1v) is 8.88. The molecule has 0 spiro atoms. The average molecular weight is 394 g/mol. The smallest absolute Gasteiger partial charge is 0.255 e. The standard InChI is InChI=1S/C20H16BrN3O/c21-17-6-3-14-11-16(2-1-15(14)12-17)20(25)24-18-7-4-13(5-8-18)19-22-9-10-23-19/h1-8,11-12H,9-10H2,(H,22,23)(H,24,25). The first-order chi connectivity index (χ1) is 12.2. The number of amidine groups is 1. The van der Waals surface area contributed by atoms with E-state index in [0.717, 1.165) is 45.4 Å². The van der Waals surface area contributed by atoms with Crippen LogP contribution >= 0.6 is 15.9 Å². The molecular weight excluding hydrogens is 378 g/mol. The number of benzene rings is 3. The van der Waals surface area contributed by atoms with Crippen LogP contribution in [0.5, 0.6) is 0 Å². The van der Waals surface area contributed by atoms with Crippen LogP contribution in [0.15, 0.2) is 70.1 Å². The number of aliphatic imine (C=N–C) groups is 1. The zero-order chi connectivity index (χ0) is 17.2. The Morgan fingerprint density at radius 2 is 1.76 bits per heavy atom. The van der Waals surface area contributed by atoms with Crippen LogP contribution in [0.4, 0.5) is 5.69 Å². The third-order valence-electron chi connectivity index (χ3n) is 4.15. The molecule has 1 heterocycles. The van der Waals surface area contributed by atoms with E-state index in [0.29, 0.717) is 5.56 Å². The summed E-state index contributed by atoms with van der Waals surface area (Å²) in [4.78, 5) is 16.9. The molecule has 3 aromatic rings. The average Bonchev–Trinajstić information content (AvgIpc) is 3.16. The minimum atomic E-state index is -0.117. The van der Waals surface area contributed by atoms with Gasteiger partial charge in [-0.25, -0.2) is 0 Å². The van der Waals surface area contributed by atoms with Gasteiger partial charge in [0.25, 0.3) is 5.91 Å². The van der Waals surface area contributed by atoms with E-state index in [-0.39, 0.29) is 5.91 Å². The van der Waals surface area contributed by atoms with E-state index in [4.69, 9.17) is 0 Å². The second kappa shape index (κ2) is 6.69. The van der Waals surface area contributed by atoms with Gasteiger partial charge >= 0.3 is 0 Å². The lowest BCUT2D eigenvalue weighted by atomic mass is 10.1. The summed E-state index contributed by atoms with van der Waals surface area (Å²) in [5.74, 6) is 0.799. The van der Waals surface area contributed by atoms with Gasteiger partial charge in [0.15, 0.2) is 0 Å². The van der Waals surface area contributed by atoms with Gasteiger partial charge in [0.2, 0.25) is 0 Å². The molecule has 2 N–H and O–H groups in total. The van der Waals surface area contributed by atoms with Gasteiger partial charge in [0.05, 0.1) is 6.54 Å². The first kappa shape index (κ1) is 15.8. The van der Waals surface area contributed by atoms with Crippen molar-refractivity contribution < 1.29 is 4.79 Å². The molecule has 4 nitrogen and oxygen atoms in total. The largest absolute Gasteiger partial charge is 0.368 e. The van der Waals surface area contributed by atoms with Crippen molar-refractivity contribution in [1.29, 1.82) is 0 Å². The summed E-state index contributed by atoms with van der Waals surface area (Å²) in [5.41, 5.74) is 2.44. The number of amides is 1. The van der Waals surface area contributed by atoms with E-state index in [2.05, 4.69) is 31.6 Å². The highest BCUT2D eigenvalue weighted by molar-refractivity contribution is 9.10. The predicted octanol–water partition coefficient (Wildman–Crippen LogP) is 4.20. The highest BCUT2D eigenvalue weighted by Crippen LogP contribution is 2.21. The maximum Gasteiger partial charge on any atom is 0.255 e. The Balaban J connectivity index is 1.52. The number of halogens is 1. The Morgan fingerprint density at radius 3 is 2.52 bits per heavy atom. The summed E-state index contributed by atoms with van der Waals surface area (Å²) < 4.78 is 1.03. The molecule has 0 radical (unpaired) electrons. The molecule has 1 aliphatic rings. The monoisotopic (exact) mass is 393 g/mol. The molecule has 25 heavy (non-hydrogen) atoms. The molecule has 0 fully saturated rings. The molecule has 124 valence electrons. The lowest BCUT2D eigenvalue weighted by molar-refractivity contribution is 0.102. The molecule has 0 atom stereocenters. The predicted molar refractivity (Wildman–Crippen MR) is 105 cm³/mol. The highest BCUT2D eigenvalue weighted by Gasteiger charge is 2.10. The Bertz CT molecular complexity index is 980. The van der Waals surface area contributed by atoms with Crippen molar-refractivity contribution in [3.8, 4) is 0 Å². The van der Waals surface area contributed by atoms with Gasteiger partial charge in [-0.05, 0) is 59.3 Å². The van der Waals surface area contributed by atoms with Gasteiger partial charge in [-0.15, -0.1) is 0 Å². The quantitative estimate of drug-likeness (QED) is 0.700. The summed E-state index contributed by atoms with van der Waals surface area (Å²) in [7, 11) is 0. The fraction of sp³-hybridized carbons (Fsp3) is 0.100. The summed E-state index contributed by atoms with van der Waals surface area (Å²) >= 11 is 3.46. The van der Waals surface area contributed by atoms with Crippen molar-refractivity contribution in [2.24, 2.45) is 4.99 Å². The van der Waals surface area contributed by atoms with Gasteiger partial charge < -0.3 is 10.6 Å². The Labute approximate surface area is 154 Å². The molecule has 1 aliphatic heterocycles. The van der Waals surface area contributed by atoms with E-state index in [1.54, 1.807) is 0 Å². The Kier molecular flexibility index (Phi) is 4.24. The Morgan fingerprint density at radius 1 is 1.00 bits per heavy atom. The summed E-state index contributed by atoms with van der Waals surface area (Å²) in [6.45, 7) is 1.69. The Hall–Kier alpha value is -2.66. The number of rotatable bonds is 3. The number of hydrogen-bond donors (Lipinski definition) is 2. The first-order valence-electron chi connectivity index (χ1n) is 8.08. The van der Waals surface area contributed by atoms with Crippen molar-refractivity contribution in [1.82, 2.24) is 5.32 Å². The van der Waals surface area contributed by atoms with Gasteiger partial charge in [-0.3, -0.25) is 9.79 Å². The van der Waals surface area contributed by atoms with E-state index < -0.39 is 0 Å². The molecule has 4 rings (SSSR count). The third-order valence-corrected chi connectivity index (χ3v) is 4.65. The number of anilines is 1. The number of hydrogen-bond acceptors (Lipinski definition) is 3. The van der Waals surface area contributed by atoms with Crippen molar-refractivity contribution in [2.45, 2.75) is 0 Å². The van der Waals surface area contributed by atoms with Crippen LogP contribution < -0.4 is 10.6 Å². The summed E-state index contributed by atoms with van der Waals surface area (Å²) in [6.07, 6.45) is 0. The molecule has 3 aromatic carbocycles. The highest BCUT2D eigenvalue weighted by atomic mass is 79.9. The normalized spacial score (nSPS) is 13.4. The fourth-order valence-electron chi connectivity index (χ4n) is 2.86. The minimum Gasteiger partial charge on any atom is -0.368 e. The number of carbonyl (C=O) groups is 1. The number of carbonyl (C=O) groups excluding carboxylic acids is 1.